The van der Waals surface area contributed by atoms with Crippen LogP contribution in [0.3, 0.4) is 0 Å². The molecule has 0 saturated carbocycles. The first-order valence-electron chi connectivity index (χ1n) is 11.6. The number of carbonyl (C=O) groups excluding carboxylic acids is 1. The summed E-state index contributed by atoms with van der Waals surface area (Å²) in [5, 5.41) is 20.7. The first-order chi connectivity index (χ1) is 16.6. The van der Waals surface area contributed by atoms with Crippen molar-refractivity contribution in [3.63, 3.8) is 0 Å². The third-order valence-corrected chi connectivity index (χ3v) is 7.05. The quantitative estimate of drug-likeness (QED) is 0.687. The zero-order valence-corrected chi connectivity index (χ0v) is 19.8. The molecule has 2 amide bonds. The molecule has 1 saturated heterocycles. The summed E-state index contributed by atoms with van der Waals surface area (Å²) in [6, 6.07) is 8.34. The van der Waals surface area contributed by atoms with Crippen molar-refractivity contribution >= 4 is 11.6 Å². The van der Waals surface area contributed by atoms with Crippen LogP contribution in [0.5, 0.6) is 5.75 Å². The normalized spacial score (nSPS) is 25.3. The minimum absolute atomic E-state index is 0.0131. The van der Waals surface area contributed by atoms with Crippen molar-refractivity contribution in [2.24, 2.45) is 0 Å². The number of aromatic hydroxyl groups is 1. The number of aliphatic hydroxyl groups excluding tert-OH is 1. The average molecular weight is 490 g/mol. The number of phenols is 1. The Morgan fingerprint density at radius 2 is 2.00 bits per heavy atom. The highest BCUT2D eigenvalue weighted by Crippen LogP contribution is 2.42. The lowest BCUT2D eigenvalue weighted by atomic mass is 9.89. The standard InChI is InChI=1S/C26H30F3N3O3/c1-30-9-8-21(11-20(28)15-30)31(2)25(35)32-14-17(23-12-19(27)6-7-24(23)29)13-26(32,16-33)18-4-3-5-22(34)10-18/h3-7,10,12-13,20-21,33-34H,8-9,11,14-16H2,1-2H3/t20?,21?,26-/m1/s1. The molecule has 3 atom stereocenters. The molecule has 2 unspecified atom stereocenters. The van der Waals surface area contributed by atoms with Crippen molar-refractivity contribution < 1.29 is 28.2 Å². The molecule has 2 aromatic rings. The lowest BCUT2D eigenvalue weighted by molar-refractivity contribution is 0.0756. The Bertz CT molecular complexity index is 1130. The van der Waals surface area contributed by atoms with Gasteiger partial charge in [0.15, 0.2) is 0 Å². The molecule has 0 aliphatic carbocycles. The van der Waals surface area contributed by atoms with Crippen LogP contribution in [0.25, 0.3) is 5.57 Å². The maximum atomic E-state index is 14.7. The second-order valence-electron chi connectivity index (χ2n) is 9.44. The van der Waals surface area contributed by atoms with Gasteiger partial charge in [-0.1, -0.05) is 12.1 Å². The van der Waals surface area contributed by atoms with Gasteiger partial charge >= 0.3 is 6.03 Å². The van der Waals surface area contributed by atoms with E-state index in [1.54, 1.807) is 25.3 Å². The minimum atomic E-state index is -1.44. The van der Waals surface area contributed by atoms with Crippen LogP contribution >= 0.6 is 0 Å². The topological polar surface area (TPSA) is 67.2 Å². The second-order valence-corrected chi connectivity index (χ2v) is 9.44. The van der Waals surface area contributed by atoms with Gasteiger partial charge in [0.1, 0.15) is 29.1 Å². The number of rotatable bonds is 4. The highest BCUT2D eigenvalue weighted by molar-refractivity contribution is 5.83. The van der Waals surface area contributed by atoms with Gasteiger partial charge in [0.05, 0.1) is 6.61 Å². The molecule has 2 heterocycles. The van der Waals surface area contributed by atoms with E-state index in [0.717, 1.165) is 18.2 Å². The third kappa shape index (κ3) is 4.88. The summed E-state index contributed by atoms with van der Waals surface area (Å²) < 4.78 is 43.1. The number of halogens is 3. The van der Waals surface area contributed by atoms with Crippen molar-refractivity contribution in [3.8, 4) is 5.75 Å². The molecule has 6 nitrogen and oxygen atoms in total. The molecule has 188 valence electrons. The molecular weight excluding hydrogens is 459 g/mol. The van der Waals surface area contributed by atoms with Gasteiger partial charge in [-0.15, -0.1) is 0 Å². The maximum absolute atomic E-state index is 14.7. The van der Waals surface area contributed by atoms with Gasteiger partial charge < -0.3 is 24.9 Å². The molecule has 2 N–H and O–H groups in total. The highest BCUT2D eigenvalue weighted by atomic mass is 19.1. The van der Waals surface area contributed by atoms with Crippen molar-refractivity contribution in [3.05, 3.63) is 71.3 Å². The second kappa shape index (κ2) is 9.91. The van der Waals surface area contributed by atoms with Crippen LogP contribution in [0.4, 0.5) is 18.0 Å². The smallest absolute Gasteiger partial charge is 0.321 e. The maximum Gasteiger partial charge on any atom is 0.321 e. The number of urea groups is 1. The Morgan fingerprint density at radius 3 is 2.71 bits per heavy atom. The molecule has 35 heavy (non-hydrogen) atoms. The number of aliphatic hydroxyl groups is 1. The zero-order chi connectivity index (χ0) is 25.3. The summed E-state index contributed by atoms with van der Waals surface area (Å²) in [5.74, 6) is -1.36. The summed E-state index contributed by atoms with van der Waals surface area (Å²) in [6.07, 6.45) is 1.20. The Hall–Kier alpha value is -3.04. The van der Waals surface area contributed by atoms with E-state index in [-0.39, 0.29) is 36.9 Å². The number of hydrogen-bond acceptors (Lipinski definition) is 4. The van der Waals surface area contributed by atoms with Gasteiger partial charge in [0, 0.05) is 38.2 Å². The molecular formula is C26H30F3N3O3. The number of carbonyl (C=O) groups is 1. The van der Waals surface area contributed by atoms with Crippen LogP contribution in [0, 0.1) is 11.6 Å². The van der Waals surface area contributed by atoms with Gasteiger partial charge in [0.2, 0.25) is 0 Å². The van der Waals surface area contributed by atoms with Crippen molar-refractivity contribution in [2.75, 3.05) is 40.3 Å². The highest BCUT2D eigenvalue weighted by Gasteiger charge is 2.47. The summed E-state index contributed by atoms with van der Waals surface area (Å²) in [6.45, 7) is 0.246. The summed E-state index contributed by atoms with van der Waals surface area (Å²) in [4.78, 5) is 18.6. The number of amides is 2. The first kappa shape index (κ1) is 25.1. The first-order valence-corrected chi connectivity index (χ1v) is 11.6. The number of likely N-dealkylation sites (tertiary alicyclic amines) is 1. The summed E-state index contributed by atoms with van der Waals surface area (Å²) >= 11 is 0. The number of nitrogens with zero attached hydrogens (tertiary/aromatic N) is 3. The van der Waals surface area contributed by atoms with Crippen LogP contribution in [-0.4, -0.2) is 83.5 Å². The van der Waals surface area contributed by atoms with Crippen LogP contribution in [0.15, 0.2) is 48.5 Å². The van der Waals surface area contributed by atoms with Gasteiger partial charge in [-0.25, -0.2) is 18.0 Å². The van der Waals surface area contributed by atoms with Gasteiger partial charge in [-0.2, -0.15) is 0 Å². The predicted octanol–water partition coefficient (Wildman–Crippen LogP) is 3.74. The molecule has 2 aliphatic rings. The van der Waals surface area contributed by atoms with Gasteiger partial charge in [0.25, 0.3) is 0 Å². The number of alkyl halides is 1. The summed E-state index contributed by atoms with van der Waals surface area (Å²) in [7, 11) is 3.43. The number of phenolic OH excluding ortho intramolecular Hbond substituents is 1. The van der Waals surface area contributed by atoms with E-state index >= 15 is 0 Å². The van der Waals surface area contributed by atoms with Gasteiger partial charge in [-0.05, 0) is 67.6 Å². The van der Waals surface area contributed by atoms with E-state index in [4.69, 9.17) is 0 Å². The average Bonchev–Trinajstić information content (AvgIpc) is 3.14. The molecule has 0 aromatic heterocycles. The molecule has 9 heteroatoms. The largest absolute Gasteiger partial charge is 0.508 e. The molecule has 0 radical (unpaired) electrons. The number of benzene rings is 2. The molecule has 2 aromatic carbocycles. The zero-order valence-electron chi connectivity index (χ0n) is 19.8. The SMILES string of the molecule is CN1CCC(N(C)C(=O)N2CC(c3cc(F)ccc3F)=C[C@@]2(CO)c2cccc(O)c2)CC(F)C1. The van der Waals surface area contributed by atoms with Crippen LogP contribution in [0.1, 0.15) is 24.0 Å². The Kier molecular flexibility index (Phi) is 7.10. The van der Waals surface area contributed by atoms with E-state index in [9.17, 15) is 28.2 Å². The Morgan fingerprint density at radius 1 is 1.23 bits per heavy atom. The van der Waals surface area contributed by atoms with E-state index < -0.39 is 36.0 Å². The molecule has 1 fully saturated rings. The Labute approximate surface area is 202 Å². The fourth-order valence-corrected chi connectivity index (χ4v) is 5.09. The van der Waals surface area contributed by atoms with Crippen molar-refractivity contribution in [1.82, 2.24) is 14.7 Å². The third-order valence-electron chi connectivity index (χ3n) is 7.05. The minimum Gasteiger partial charge on any atom is -0.508 e. The van der Waals surface area contributed by atoms with Crippen LogP contribution in [0.2, 0.25) is 0 Å². The monoisotopic (exact) mass is 489 g/mol. The van der Waals surface area contributed by atoms with E-state index in [0.29, 0.717) is 24.1 Å². The van der Waals surface area contributed by atoms with Crippen LogP contribution in [-0.2, 0) is 5.54 Å². The number of hydrogen-bond donors (Lipinski definition) is 2. The lowest BCUT2D eigenvalue weighted by Gasteiger charge is -2.41. The molecule has 4 rings (SSSR count). The van der Waals surface area contributed by atoms with Gasteiger partial charge in [-0.3, -0.25) is 0 Å². The van der Waals surface area contributed by atoms with E-state index in [1.807, 2.05) is 11.9 Å². The fraction of sp³-hybridized carbons (Fsp3) is 0.423. The molecule has 0 bridgehead atoms. The van der Waals surface area contributed by atoms with Crippen molar-refractivity contribution in [1.29, 1.82) is 0 Å². The molecule has 2 aliphatic heterocycles. The van der Waals surface area contributed by atoms with E-state index in [1.165, 1.54) is 21.9 Å². The molecule has 0 spiro atoms. The fourth-order valence-electron chi connectivity index (χ4n) is 5.09. The van der Waals surface area contributed by atoms with Crippen molar-refractivity contribution in [2.45, 2.75) is 30.6 Å². The van der Waals surface area contributed by atoms with E-state index in [2.05, 4.69) is 0 Å². The predicted molar refractivity (Wildman–Crippen MR) is 126 cm³/mol. The lowest BCUT2D eigenvalue weighted by Crippen LogP contribution is -2.54. The van der Waals surface area contributed by atoms with Crippen LogP contribution < -0.4 is 0 Å². The summed E-state index contributed by atoms with van der Waals surface area (Å²) in [5.41, 5.74) is -0.710. The Balaban J connectivity index is 1.75.